The zero-order valence-corrected chi connectivity index (χ0v) is 12.0. The summed E-state index contributed by atoms with van der Waals surface area (Å²) in [6.45, 7) is 5.96. The van der Waals surface area contributed by atoms with Crippen molar-refractivity contribution >= 4 is 11.9 Å². The summed E-state index contributed by atoms with van der Waals surface area (Å²) in [5, 5.41) is 11.4. The minimum atomic E-state index is -1.06. The van der Waals surface area contributed by atoms with Gasteiger partial charge in [0.25, 0.3) is 0 Å². The monoisotopic (exact) mass is 271 g/mol. The van der Waals surface area contributed by atoms with Crippen LogP contribution in [0.4, 0.5) is 0 Å². The van der Waals surface area contributed by atoms with Gasteiger partial charge in [-0.2, -0.15) is 0 Å². The topological polar surface area (TPSA) is 75.6 Å². The first-order chi connectivity index (χ1) is 8.90. The highest BCUT2D eigenvalue weighted by atomic mass is 16.5. The number of hydrogen-bond donors (Lipinski definition) is 2. The maximum Gasteiger partial charge on any atom is 0.329 e. The standard InChI is InChI=1S/C14H25NO4/c1-9(2)11-5-4-10(3)6-12(11)15-13(16)7-19-8-14(17)18/h9-12H,4-8H2,1-3H3,(H,15,16)(H,17,18). The fraction of sp³-hybridized carbons (Fsp3) is 0.857. The van der Waals surface area contributed by atoms with Crippen LogP contribution in [0.3, 0.4) is 0 Å². The zero-order chi connectivity index (χ0) is 14.4. The van der Waals surface area contributed by atoms with Crippen molar-refractivity contribution in [2.75, 3.05) is 13.2 Å². The molecule has 3 atom stereocenters. The Bertz CT molecular complexity index is 317. The predicted octanol–water partition coefficient (Wildman–Crippen LogP) is 1.66. The average molecular weight is 271 g/mol. The Morgan fingerprint density at radius 1 is 1.32 bits per heavy atom. The van der Waals surface area contributed by atoms with Gasteiger partial charge in [-0.25, -0.2) is 4.79 Å². The molecule has 0 aromatic rings. The van der Waals surface area contributed by atoms with Crippen LogP contribution < -0.4 is 5.32 Å². The lowest BCUT2D eigenvalue weighted by molar-refractivity contribution is -0.143. The van der Waals surface area contributed by atoms with E-state index in [0.29, 0.717) is 17.8 Å². The van der Waals surface area contributed by atoms with Crippen LogP contribution in [0.1, 0.15) is 40.0 Å². The number of aliphatic carboxylic acids is 1. The van der Waals surface area contributed by atoms with Crippen molar-refractivity contribution in [2.45, 2.75) is 46.1 Å². The second kappa shape index (κ2) is 7.48. The summed E-state index contributed by atoms with van der Waals surface area (Å²) in [6.07, 6.45) is 3.35. The summed E-state index contributed by atoms with van der Waals surface area (Å²) >= 11 is 0. The van der Waals surface area contributed by atoms with Gasteiger partial charge >= 0.3 is 5.97 Å². The number of amides is 1. The Balaban J connectivity index is 2.42. The molecule has 1 aliphatic carbocycles. The number of rotatable bonds is 6. The minimum Gasteiger partial charge on any atom is -0.480 e. The fourth-order valence-corrected chi connectivity index (χ4v) is 2.85. The maximum absolute atomic E-state index is 11.7. The van der Waals surface area contributed by atoms with Gasteiger partial charge in [-0.1, -0.05) is 27.2 Å². The van der Waals surface area contributed by atoms with Crippen LogP contribution in [0.25, 0.3) is 0 Å². The smallest absolute Gasteiger partial charge is 0.329 e. The van der Waals surface area contributed by atoms with Crippen LogP contribution in [0.5, 0.6) is 0 Å². The van der Waals surface area contributed by atoms with Gasteiger partial charge in [0, 0.05) is 6.04 Å². The Kier molecular flexibility index (Phi) is 6.28. The Hall–Kier alpha value is -1.10. The Morgan fingerprint density at radius 3 is 2.58 bits per heavy atom. The lowest BCUT2D eigenvalue weighted by Crippen LogP contribution is -2.46. The van der Waals surface area contributed by atoms with Crippen LogP contribution >= 0.6 is 0 Å². The second-order valence-corrected chi connectivity index (χ2v) is 5.89. The van der Waals surface area contributed by atoms with Crippen LogP contribution in [-0.4, -0.2) is 36.2 Å². The molecule has 3 unspecified atom stereocenters. The third kappa shape index (κ3) is 5.59. The zero-order valence-electron chi connectivity index (χ0n) is 12.0. The first kappa shape index (κ1) is 16.0. The van der Waals surface area contributed by atoms with Gasteiger partial charge in [0.1, 0.15) is 13.2 Å². The Morgan fingerprint density at radius 2 is 2.00 bits per heavy atom. The van der Waals surface area contributed by atoms with E-state index in [0.717, 1.165) is 12.8 Å². The molecule has 0 saturated heterocycles. The molecular weight excluding hydrogens is 246 g/mol. The average Bonchev–Trinajstić information content (AvgIpc) is 2.27. The van der Waals surface area contributed by atoms with E-state index >= 15 is 0 Å². The fourth-order valence-electron chi connectivity index (χ4n) is 2.85. The number of carbonyl (C=O) groups excluding carboxylic acids is 1. The summed E-state index contributed by atoms with van der Waals surface area (Å²) in [5.41, 5.74) is 0. The van der Waals surface area contributed by atoms with Crippen molar-refractivity contribution in [3.05, 3.63) is 0 Å². The van der Waals surface area contributed by atoms with Gasteiger partial charge < -0.3 is 15.2 Å². The Labute approximate surface area is 114 Å². The third-order valence-electron chi connectivity index (χ3n) is 3.83. The summed E-state index contributed by atoms with van der Waals surface area (Å²) < 4.78 is 4.81. The highest BCUT2D eigenvalue weighted by Gasteiger charge is 2.31. The van der Waals surface area contributed by atoms with Crippen molar-refractivity contribution in [3.8, 4) is 0 Å². The van der Waals surface area contributed by atoms with Crippen LogP contribution in [0.2, 0.25) is 0 Å². The van der Waals surface area contributed by atoms with Gasteiger partial charge in [-0.3, -0.25) is 4.79 Å². The number of hydrogen-bond acceptors (Lipinski definition) is 3. The second-order valence-electron chi connectivity index (χ2n) is 5.89. The molecule has 1 saturated carbocycles. The molecule has 110 valence electrons. The van der Waals surface area contributed by atoms with Crippen LogP contribution in [-0.2, 0) is 14.3 Å². The first-order valence-corrected chi connectivity index (χ1v) is 6.99. The molecule has 0 radical (unpaired) electrons. The SMILES string of the molecule is CC1CCC(C(C)C)C(NC(=O)COCC(=O)O)C1. The normalized spacial score (nSPS) is 27.3. The van der Waals surface area contributed by atoms with E-state index in [4.69, 9.17) is 9.84 Å². The molecule has 1 amide bonds. The van der Waals surface area contributed by atoms with Gasteiger partial charge in [-0.15, -0.1) is 0 Å². The molecule has 0 heterocycles. The largest absolute Gasteiger partial charge is 0.480 e. The molecule has 19 heavy (non-hydrogen) atoms. The molecule has 0 aliphatic heterocycles. The molecule has 0 spiro atoms. The van der Waals surface area contributed by atoms with Crippen molar-refractivity contribution < 1.29 is 19.4 Å². The van der Waals surface area contributed by atoms with E-state index in [1.54, 1.807) is 0 Å². The number of carbonyl (C=O) groups is 2. The van der Waals surface area contributed by atoms with Gasteiger partial charge in [0.05, 0.1) is 0 Å². The van der Waals surface area contributed by atoms with Crippen molar-refractivity contribution in [3.63, 3.8) is 0 Å². The summed E-state index contributed by atoms with van der Waals surface area (Å²) in [4.78, 5) is 22.0. The van der Waals surface area contributed by atoms with Crippen LogP contribution in [0, 0.1) is 17.8 Å². The van der Waals surface area contributed by atoms with E-state index in [-0.39, 0.29) is 18.6 Å². The highest BCUT2D eigenvalue weighted by molar-refractivity contribution is 5.78. The lowest BCUT2D eigenvalue weighted by atomic mass is 9.74. The number of carboxylic acid groups (broad SMARTS) is 1. The van der Waals surface area contributed by atoms with Crippen LogP contribution in [0.15, 0.2) is 0 Å². The molecule has 0 bridgehead atoms. The molecule has 0 aromatic heterocycles. The molecule has 1 fully saturated rings. The molecule has 2 N–H and O–H groups in total. The predicted molar refractivity (Wildman–Crippen MR) is 71.7 cm³/mol. The molecule has 0 aromatic carbocycles. The van der Waals surface area contributed by atoms with E-state index in [1.807, 2.05) is 0 Å². The highest BCUT2D eigenvalue weighted by Crippen LogP contribution is 2.33. The van der Waals surface area contributed by atoms with Gasteiger partial charge in [0.2, 0.25) is 5.91 Å². The number of carboxylic acids is 1. The summed E-state index contributed by atoms with van der Waals surface area (Å²) in [6, 6.07) is 0.185. The minimum absolute atomic E-state index is 0.179. The molecule has 5 heteroatoms. The molecular formula is C14H25NO4. The van der Waals surface area contributed by atoms with E-state index in [9.17, 15) is 9.59 Å². The summed E-state index contributed by atoms with van der Waals surface area (Å²) in [5.74, 6) is 0.391. The lowest BCUT2D eigenvalue weighted by Gasteiger charge is -2.37. The summed E-state index contributed by atoms with van der Waals surface area (Å²) in [7, 11) is 0. The molecule has 1 rings (SSSR count). The maximum atomic E-state index is 11.7. The number of nitrogens with one attached hydrogen (secondary N) is 1. The molecule has 5 nitrogen and oxygen atoms in total. The number of ether oxygens (including phenoxy) is 1. The van der Waals surface area contributed by atoms with Gasteiger partial charge in [-0.05, 0) is 30.6 Å². The molecule has 1 aliphatic rings. The van der Waals surface area contributed by atoms with Crippen molar-refractivity contribution in [1.29, 1.82) is 0 Å². The van der Waals surface area contributed by atoms with Gasteiger partial charge in [0.15, 0.2) is 0 Å². The first-order valence-electron chi connectivity index (χ1n) is 6.99. The quantitative estimate of drug-likeness (QED) is 0.770. The van der Waals surface area contributed by atoms with E-state index in [2.05, 4.69) is 26.1 Å². The van der Waals surface area contributed by atoms with E-state index in [1.165, 1.54) is 6.42 Å². The third-order valence-corrected chi connectivity index (χ3v) is 3.83. The van der Waals surface area contributed by atoms with E-state index < -0.39 is 12.6 Å². The van der Waals surface area contributed by atoms with Crippen molar-refractivity contribution in [2.24, 2.45) is 17.8 Å². The van der Waals surface area contributed by atoms with Crippen molar-refractivity contribution in [1.82, 2.24) is 5.32 Å².